The zero-order chi connectivity index (χ0) is 20.7. The number of ether oxygens (including phenoxy) is 2. The maximum atomic E-state index is 12.4. The van der Waals surface area contributed by atoms with Crippen LogP contribution in [0.1, 0.15) is 40.3 Å². The highest BCUT2D eigenvalue weighted by Gasteiger charge is 2.44. The number of esters is 2. The molecule has 0 saturated carbocycles. The molecule has 0 N–H and O–H groups in total. The second-order valence-corrected chi connectivity index (χ2v) is 7.95. The molecule has 2 aliphatic rings. The van der Waals surface area contributed by atoms with Gasteiger partial charge in [-0.05, 0) is 73.2 Å². The van der Waals surface area contributed by atoms with E-state index < -0.39 is 5.97 Å². The molecule has 2 aromatic carbocycles. The average molecular weight is 409 g/mol. The molecule has 0 amide bonds. The highest BCUT2D eigenvalue weighted by Crippen LogP contribution is 2.49. The second-order valence-electron chi connectivity index (χ2n) is 7.51. The van der Waals surface area contributed by atoms with Gasteiger partial charge in [0, 0.05) is 28.2 Å². The van der Waals surface area contributed by atoms with E-state index in [-0.39, 0.29) is 18.0 Å². The monoisotopic (exact) mass is 408 g/mol. The summed E-state index contributed by atoms with van der Waals surface area (Å²) in [4.78, 5) is 24.4. The van der Waals surface area contributed by atoms with Crippen LogP contribution in [0.2, 0.25) is 5.02 Å². The molecule has 1 aliphatic carbocycles. The van der Waals surface area contributed by atoms with Crippen molar-refractivity contribution in [1.82, 2.24) is 0 Å². The molecule has 5 heteroatoms. The van der Waals surface area contributed by atoms with Gasteiger partial charge in [0.25, 0.3) is 0 Å². The molecule has 1 saturated heterocycles. The molecular formula is C24H21ClO4. The SMILES string of the molecule is C=C1C(=O)OC2c3c(C)c(OC(=O)C=Cc4cccc(Cl)c4)cc(C)c3CCC12. The minimum Gasteiger partial charge on any atom is -0.453 e. The number of aryl methyl sites for hydroxylation is 1. The van der Waals surface area contributed by atoms with Gasteiger partial charge in [0.2, 0.25) is 0 Å². The molecule has 2 aromatic rings. The van der Waals surface area contributed by atoms with E-state index in [1.54, 1.807) is 18.2 Å². The third-order valence-corrected chi connectivity index (χ3v) is 5.93. The maximum Gasteiger partial charge on any atom is 0.336 e. The van der Waals surface area contributed by atoms with Gasteiger partial charge >= 0.3 is 11.9 Å². The molecular weight excluding hydrogens is 388 g/mol. The quantitative estimate of drug-likeness (QED) is 0.393. The van der Waals surface area contributed by atoms with E-state index >= 15 is 0 Å². The highest BCUT2D eigenvalue weighted by atomic mass is 35.5. The van der Waals surface area contributed by atoms with Crippen molar-refractivity contribution in [2.75, 3.05) is 0 Å². The Labute approximate surface area is 174 Å². The molecule has 2 unspecified atom stereocenters. The third-order valence-electron chi connectivity index (χ3n) is 5.69. The summed E-state index contributed by atoms with van der Waals surface area (Å²) in [5.41, 5.74) is 5.32. The van der Waals surface area contributed by atoms with Crippen LogP contribution < -0.4 is 4.74 Å². The summed E-state index contributed by atoms with van der Waals surface area (Å²) in [7, 11) is 0. The summed E-state index contributed by atoms with van der Waals surface area (Å²) >= 11 is 5.97. The zero-order valence-electron chi connectivity index (χ0n) is 16.3. The van der Waals surface area contributed by atoms with E-state index in [0.29, 0.717) is 16.3 Å². The molecule has 4 rings (SSSR count). The van der Waals surface area contributed by atoms with Crippen LogP contribution in [0.4, 0.5) is 0 Å². The molecule has 2 atom stereocenters. The number of rotatable bonds is 3. The van der Waals surface area contributed by atoms with Crippen LogP contribution in [-0.4, -0.2) is 11.9 Å². The standard InChI is InChI=1S/C24H21ClO4/c1-13-11-20(28-21(26)10-7-16-5-4-6-17(25)12-16)15(3)22-18(13)8-9-19-14(2)24(27)29-23(19)22/h4-7,10-12,19,23H,2,8-9H2,1,3H3. The van der Waals surface area contributed by atoms with E-state index in [4.69, 9.17) is 21.1 Å². The van der Waals surface area contributed by atoms with Crippen molar-refractivity contribution < 1.29 is 19.1 Å². The van der Waals surface area contributed by atoms with Crippen molar-refractivity contribution in [3.8, 4) is 5.75 Å². The number of halogens is 1. The van der Waals surface area contributed by atoms with E-state index in [1.807, 2.05) is 32.0 Å². The van der Waals surface area contributed by atoms with Gasteiger partial charge in [-0.15, -0.1) is 0 Å². The lowest BCUT2D eigenvalue weighted by Crippen LogP contribution is -2.21. The van der Waals surface area contributed by atoms with E-state index in [1.165, 1.54) is 11.6 Å². The summed E-state index contributed by atoms with van der Waals surface area (Å²) in [6.07, 6.45) is 4.37. The molecule has 1 heterocycles. The van der Waals surface area contributed by atoms with E-state index in [2.05, 4.69) is 6.58 Å². The van der Waals surface area contributed by atoms with Gasteiger partial charge in [-0.3, -0.25) is 0 Å². The fraction of sp³-hybridized carbons (Fsp3) is 0.250. The minimum absolute atomic E-state index is 0.0122. The van der Waals surface area contributed by atoms with Crippen molar-refractivity contribution in [1.29, 1.82) is 0 Å². The van der Waals surface area contributed by atoms with E-state index in [0.717, 1.165) is 35.1 Å². The minimum atomic E-state index is -0.479. The summed E-state index contributed by atoms with van der Waals surface area (Å²) in [6.45, 7) is 7.79. The first-order chi connectivity index (χ1) is 13.8. The fourth-order valence-corrected chi connectivity index (χ4v) is 4.39. The summed E-state index contributed by atoms with van der Waals surface area (Å²) in [5.74, 6) is -0.345. The molecule has 29 heavy (non-hydrogen) atoms. The normalized spacial score (nSPS) is 20.4. The first kappa shape index (κ1) is 19.5. The van der Waals surface area contributed by atoms with Crippen molar-refractivity contribution in [2.45, 2.75) is 32.8 Å². The number of carbonyl (C=O) groups excluding carboxylic acids is 2. The predicted octanol–water partition coefficient (Wildman–Crippen LogP) is 5.29. The fourth-order valence-electron chi connectivity index (χ4n) is 4.20. The summed E-state index contributed by atoms with van der Waals surface area (Å²) in [5, 5.41) is 0.601. The van der Waals surface area contributed by atoms with Gasteiger partial charge in [0.1, 0.15) is 11.9 Å². The molecule has 1 fully saturated rings. The smallest absolute Gasteiger partial charge is 0.336 e. The number of fused-ring (bicyclic) bond motifs is 3. The maximum absolute atomic E-state index is 12.4. The lowest BCUT2D eigenvalue weighted by Gasteiger charge is -2.30. The van der Waals surface area contributed by atoms with Gasteiger partial charge in [-0.25, -0.2) is 9.59 Å². The first-order valence-electron chi connectivity index (χ1n) is 9.53. The molecule has 4 nitrogen and oxygen atoms in total. The van der Waals surface area contributed by atoms with Crippen molar-refractivity contribution >= 4 is 29.6 Å². The van der Waals surface area contributed by atoms with E-state index in [9.17, 15) is 9.59 Å². The Morgan fingerprint density at radius 2 is 2.10 bits per heavy atom. The highest BCUT2D eigenvalue weighted by molar-refractivity contribution is 6.30. The van der Waals surface area contributed by atoms with Crippen LogP contribution in [0.3, 0.4) is 0 Å². The van der Waals surface area contributed by atoms with Crippen LogP contribution in [0.15, 0.2) is 48.6 Å². The Morgan fingerprint density at radius 1 is 1.31 bits per heavy atom. The van der Waals surface area contributed by atoms with Crippen LogP contribution >= 0.6 is 11.6 Å². The van der Waals surface area contributed by atoms with Crippen molar-refractivity contribution in [2.24, 2.45) is 5.92 Å². The molecule has 148 valence electrons. The van der Waals surface area contributed by atoms with Gasteiger partial charge in [0.05, 0.1) is 0 Å². The van der Waals surface area contributed by atoms with Gasteiger partial charge in [-0.1, -0.05) is 30.3 Å². The van der Waals surface area contributed by atoms with Crippen LogP contribution in [0, 0.1) is 19.8 Å². The summed E-state index contributed by atoms with van der Waals surface area (Å²) < 4.78 is 11.2. The van der Waals surface area contributed by atoms with Gasteiger partial charge in [0.15, 0.2) is 0 Å². The van der Waals surface area contributed by atoms with Gasteiger partial charge in [-0.2, -0.15) is 0 Å². The van der Waals surface area contributed by atoms with Crippen molar-refractivity contribution in [3.05, 3.63) is 81.4 Å². The summed E-state index contributed by atoms with van der Waals surface area (Å²) in [6, 6.07) is 9.09. The molecule has 0 spiro atoms. The lowest BCUT2D eigenvalue weighted by atomic mass is 9.76. The second kappa shape index (κ2) is 7.53. The molecule has 0 bridgehead atoms. The molecule has 1 aliphatic heterocycles. The molecule has 0 aromatic heterocycles. The molecule has 0 radical (unpaired) electrons. The Balaban J connectivity index is 1.62. The lowest BCUT2D eigenvalue weighted by molar-refractivity contribution is -0.139. The topological polar surface area (TPSA) is 52.6 Å². The number of hydrogen-bond donors (Lipinski definition) is 0. The van der Waals surface area contributed by atoms with Gasteiger partial charge < -0.3 is 9.47 Å². The average Bonchev–Trinajstić information content (AvgIpc) is 2.98. The number of hydrogen-bond acceptors (Lipinski definition) is 4. The largest absolute Gasteiger partial charge is 0.453 e. The number of carbonyl (C=O) groups is 2. The van der Waals surface area contributed by atoms with Crippen molar-refractivity contribution in [3.63, 3.8) is 0 Å². The van der Waals surface area contributed by atoms with Crippen LogP contribution in [0.25, 0.3) is 6.08 Å². The number of benzene rings is 2. The van der Waals surface area contributed by atoms with Crippen LogP contribution in [0.5, 0.6) is 5.75 Å². The third kappa shape index (κ3) is 3.60. The Bertz CT molecular complexity index is 1070. The Hall–Kier alpha value is -2.85. The zero-order valence-corrected chi connectivity index (χ0v) is 17.1. The first-order valence-corrected chi connectivity index (χ1v) is 9.91. The predicted molar refractivity (Wildman–Crippen MR) is 112 cm³/mol. The Morgan fingerprint density at radius 3 is 2.86 bits per heavy atom. The van der Waals surface area contributed by atoms with Crippen LogP contribution in [-0.2, 0) is 20.7 Å². The Kier molecular flexibility index (Phi) is 5.05.